The second-order valence-electron chi connectivity index (χ2n) is 9.49. The Kier molecular flexibility index (Phi) is 6.42. The number of hydrogen-bond acceptors (Lipinski definition) is 6. The van der Waals surface area contributed by atoms with Gasteiger partial charge in [0.15, 0.2) is 11.4 Å². The topological polar surface area (TPSA) is 88.0 Å². The van der Waals surface area contributed by atoms with E-state index in [1.165, 1.54) is 0 Å². The molecule has 2 aliphatic heterocycles. The lowest BCUT2D eigenvalue weighted by Crippen LogP contribution is -2.36. The molecule has 8 heteroatoms. The summed E-state index contributed by atoms with van der Waals surface area (Å²) in [7, 11) is 0. The number of ether oxygens (including phenoxy) is 1. The smallest absolute Gasteiger partial charge is 0.251 e. The van der Waals surface area contributed by atoms with Crippen LogP contribution >= 0.6 is 0 Å². The van der Waals surface area contributed by atoms with Crippen LogP contribution in [0.2, 0.25) is 0 Å². The van der Waals surface area contributed by atoms with Gasteiger partial charge in [-0.25, -0.2) is 4.98 Å². The van der Waals surface area contributed by atoms with Gasteiger partial charge in [0.05, 0.1) is 24.6 Å². The van der Waals surface area contributed by atoms with Gasteiger partial charge in [-0.05, 0) is 72.6 Å². The quantitative estimate of drug-likeness (QED) is 0.355. The van der Waals surface area contributed by atoms with Gasteiger partial charge in [0.1, 0.15) is 0 Å². The van der Waals surface area contributed by atoms with Crippen LogP contribution in [0.25, 0.3) is 16.9 Å². The number of amides is 1. The number of anilines is 2. The molecule has 0 aliphatic carbocycles. The monoisotopic (exact) mass is 495 g/mol. The number of Topliss-reactive ketones (excluding diaryl/α,β-unsaturated/α-hetero) is 1. The highest BCUT2D eigenvalue weighted by molar-refractivity contribution is 5.99. The van der Waals surface area contributed by atoms with Crippen molar-refractivity contribution in [2.75, 3.05) is 38.2 Å². The van der Waals surface area contributed by atoms with E-state index in [9.17, 15) is 9.59 Å². The van der Waals surface area contributed by atoms with E-state index in [2.05, 4.69) is 32.7 Å². The third-order valence-electron chi connectivity index (χ3n) is 7.10. The molecule has 1 fully saturated rings. The number of ketones is 1. The molecule has 4 heterocycles. The Morgan fingerprint density at radius 2 is 1.89 bits per heavy atom. The van der Waals surface area contributed by atoms with E-state index < -0.39 is 0 Å². The Hall–Kier alpha value is -4.01. The summed E-state index contributed by atoms with van der Waals surface area (Å²) in [6, 6.07) is 17.6. The summed E-state index contributed by atoms with van der Waals surface area (Å²) >= 11 is 0. The highest BCUT2D eigenvalue weighted by Gasteiger charge is 2.20. The summed E-state index contributed by atoms with van der Waals surface area (Å²) in [6.07, 6.45) is 5.12. The fraction of sp³-hybridized carbons (Fsp3) is 0.276. The summed E-state index contributed by atoms with van der Waals surface area (Å²) in [5.41, 5.74) is 7.08. The van der Waals surface area contributed by atoms with Gasteiger partial charge >= 0.3 is 0 Å². The Morgan fingerprint density at radius 3 is 2.73 bits per heavy atom. The van der Waals surface area contributed by atoms with Gasteiger partial charge in [0.25, 0.3) is 5.91 Å². The van der Waals surface area contributed by atoms with Crippen molar-refractivity contribution in [2.45, 2.75) is 19.4 Å². The Labute approximate surface area is 215 Å². The molecule has 0 radical (unpaired) electrons. The van der Waals surface area contributed by atoms with Crippen molar-refractivity contribution in [3.8, 4) is 11.3 Å². The lowest BCUT2D eigenvalue weighted by atomic mass is 10.0. The van der Waals surface area contributed by atoms with Crippen LogP contribution in [0.5, 0.6) is 0 Å². The zero-order valence-electron chi connectivity index (χ0n) is 20.6. The van der Waals surface area contributed by atoms with Crippen LogP contribution in [0.1, 0.15) is 39.1 Å². The van der Waals surface area contributed by atoms with Crippen molar-refractivity contribution >= 4 is 28.7 Å². The Balaban J connectivity index is 1.14. The minimum absolute atomic E-state index is 0.0189. The molecule has 0 unspecified atom stereocenters. The number of imidazole rings is 1. The number of nitrogens with zero attached hydrogens (tertiary/aromatic N) is 3. The van der Waals surface area contributed by atoms with Crippen molar-refractivity contribution in [3.63, 3.8) is 0 Å². The average Bonchev–Trinajstić information content (AvgIpc) is 3.57. The van der Waals surface area contributed by atoms with E-state index in [1.54, 1.807) is 6.20 Å². The second kappa shape index (κ2) is 10.2. The van der Waals surface area contributed by atoms with Gasteiger partial charge in [-0.1, -0.05) is 6.07 Å². The molecule has 2 N–H and O–H groups in total. The van der Waals surface area contributed by atoms with E-state index in [0.717, 1.165) is 84.2 Å². The fourth-order valence-corrected chi connectivity index (χ4v) is 5.07. The molecule has 37 heavy (non-hydrogen) atoms. The Morgan fingerprint density at radius 1 is 1.05 bits per heavy atom. The number of fused-ring (bicyclic) bond motifs is 2. The molecule has 2 aromatic carbocycles. The summed E-state index contributed by atoms with van der Waals surface area (Å²) in [5, 5.41) is 6.31. The van der Waals surface area contributed by atoms with Crippen molar-refractivity contribution in [1.82, 2.24) is 19.6 Å². The van der Waals surface area contributed by atoms with Crippen LogP contribution < -0.4 is 10.6 Å². The number of aromatic nitrogens is 2. The highest BCUT2D eigenvalue weighted by atomic mass is 16.5. The van der Waals surface area contributed by atoms with E-state index >= 15 is 0 Å². The van der Waals surface area contributed by atoms with Crippen LogP contribution in [-0.4, -0.2) is 58.8 Å². The molecule has 8 nitrogen and oxygen atoms in total. The first kappa shape index (κ1) is 23.4. The van der Waals surface area contributed by atoms with Crippen molar-refractivity contribution in [3.05, 3.63) is 83.7 Å². The van der Waals surface area contributed by atoms with Gasteiger partial charge in [-0.15, -0.1) is 0 Å². The Bertz CT molecular complexity index is 1450. The minimum atomic E-state index is -0.0189. The molecular formula is C29H29N5O3. The molecule has 6 rings (SSSR count). The summed E-state index contributed by atoms with van der Waals surface area (Å²) < 4.78 is 7.42. The predicted molar refractivity (Wildman–Crippen MR) is 142 cm³/mol. The molecule has 0 atom stereocenters. The van der Waals surface area contributed by atoms with Crippen molar-refractivity contribution < 1.29 is 14.3 Å². The maximum absolute atomic E-state index is 12.7. The molecule has 2 aromatic heterocycles. The summed E-state index contributed by atoms with van der Waals surface area (Å²) in [6.45, 7) is 4.96. The van der Waals surface area contributed by atoms with Gasteiger partial charge < -0.3 is 15.4 Å². The minimum Gasteiger partial charge on any atom is -0.379 e. The second-order valence-corrected chi connectivity index (χ2v) is 9.49. The zero-order valence-corrected chi connectivity index (χ0v) is 20.6. The molecule has 4 aromatic rings. The first-order valence-corrected chi connectivity index (χ1v) is 12.7. The van der Waals surface area contributed by atoms with Gasteiger partial charge in [0.2, 0.25) is 0 Å². The number of morpholine rings is 1. The number of nitrogens with one attached hydrogen (secondary N) is 2. The highest BCUT2D eigenvalue weighted by Crippen LogP contribution is 2.30. The third-order valence-corrected chi connectivity index (χ3v) is 7.10. The first-order valence-electron chi connectivity index (χ1n) is 12.7. The molecule has 1 amide bonds. The molecule has 0 bridgehead atoms. The van der Waals surface area contributed by atoms with Crippen molar-refractivity contribution in [1.29, 1.82) is 0 Å². The molecule has 0 saturated carbocycles. The average molecular weight is 496 g/mol. The number of hydrogen-bond donors (Lipinski definition) is 2. The maximum Gasteiger partial charge on any atom is 0.251 e. The standard InChI is InChI=1S/C29H29N5O3/c35-27(2-1-12-33-14-16-37-17-15-33)20-3-6-23(7-4-20)32-25-9-10-26(34-13-11-30-28(25)34)21-5-8-24-22(18-21)19-31-29(24)36/h3-11,13,18,32H,1-2,12,14-17,19H2,(H,31,36). The van der Waals surface area contributed by atoms with Crippen LogP contribution in [-0.2, 0) is 11.3 Å². The molecule has 188 valence electrons. The summed E-state index contributed by atoms with van der Waals surface area (Å²) in [5.74, 6) is 0.153. The van der Waals surface area contributed by atoms with Crippen LogP contribution in [0.4, 0.5) is 11.4 Å². The first-order chi connectivity index (χ1) is 18.2. The van der Waals surface area contributed by atoms with E-state index in [4.69, 9.17) is 4.74 Å². The fourth-order valence-electron chi connectivity index (χ4n) is 5.07. The SMILES string of the molecule is O=C(CCCN1CCOCC1)c1ccc(Nc2ccc(-c3ccc4c(c3)CNC4=O)n3ccnc23)cc1. The lowest BCUT2D eigenvalue weighted by molar-refractivity contribution is 0.0371. The third kappa shape index (κ3) is 4.85. The molecule has 1 saturated heterocycles. The molecule has 0 spiro atoms. The number of pyridine rings is 1. The number of carbonyl (C=O) groups is 2. The van der Waals surface area contributed by atoms with Gasteiger partial charge in [-0.2, -0.15) is 0 Å². The van der Waals surface area contributed by atoms with Crippen LogP contribution in [0.3, 0.4) is 0 Å². The van der Waals surface area contributed by atoms with Crippen LogP contribution in [0.15, 0.2) is 67.0 Å². The number of benzene rings is 2. The maximum atomic E-state index is 12.7. The van der Waals surface area contributed by atoms with Crippen molar-refractivity contribution in [2.24, 2.45) is 0 Å². The zero-order chi connectivity index (χ0) is 25.2. The summed E-state index contributed by atoms with van der Waals surface area (Å²) in [4.78, 5) is 31.5. The van der Waals surface area contributed by atoms with Crippen LogP contribution in [0, 0.1) is 0 Å². The van der Waals surface area contributed by atoms with Gasteiger partial charge in [-0.3, -0.25) is 18.9 Å². The normalized spacial score (nSPS) is 15.5. The molecule has 2 aliphatic rings. The van der Waals surface area contributed by atoms with E-state index in [1.807, 2.05) is 53.1 Å². The number of carbonyl (C=O) groups excluding carboxylic acids is 2. The van der Waals surface area contributed by atoms with Gasteiger partial charge in [0, 0.05) is 55.3 Å². The number of rotatable bonds is 8. The lowest BCUT2D eigenvalue weighted by Gasteiger charge is -2.26. The predicted octanol–water partition coefficient (Wildman–Crippen LogP) is 4.28. The van der Waals surface area contributed by atoms with E-state index in [-0.39, 0.29) is 11.7 Å². The largest absolute Gasteiger partial charge is 0.379 e. The van der Waals surface area contributed by atoms with E-state index in [0.29, 0.717) is 13.0 Å². The molecular weight excluding hydrogens is 466 g/mol.